The Hall–Kier alpha value is -1.08. The zero-order chi connectivity index (χ0) is 19.3. The number of aryl methyl sites for hydroxylation is 2. The fourth-order valence-corrected chi connectivity index (χ4v) is 3.90. The van der Waals surface area contributed by atoms with E-state index in [0.717, 1.165) is 47.6 Å². The maximum atomic E-state index is 12.5. The van der Waals surface area contributed by atoms with Gasteiger partial charge in [0.2, 0.25) is 0 Å². The van der Waals surface area contributed by atoms with E-state index >= 15 is 0 Å². The third-order valence-corrected chi connectivity index (χ3v) is 7.59. The van der Waals surface area contributed by atoms with Crippen molar-refractivity contribution in [2.75, 3.05) is 13.2 Å². The molecule has 0 heterocycles. The standard InChI is InChI=1S/C20H36O3Si2/c1-9-17-15-18(22-10-12-24(3,4)5)14-16(2)19(17)20(21)23-11-13-25(6,7)8/h14-15H,9-13H2,1-8H3. The van der Waals surface area contributed by atoms with Gasteiger partial charge < -0.3 is 9.47 Å². The highest BCUT2D eigenvalue weighted by Gasteiger charge is 2.19. The normalized spacial score (nSPS) is 12.2. The van der Waals surface area contributed by atoms with E-state index in [9.17, 15) is 4.79 Å². The lowest BCUT2D eigenvalue weighted by molar-refractivity contribution is 0.0523. The first kappa shape index (κ1) is 22.0. The van der Waals surface area contributed by atoms with Crippen molar-refractivity contribution in [3.63, 3.8) is 0 Å². The highest BCUT2D eigenvalue weighted by atomic mass is 28.3. The molecule has 0 N–H and O–H groups in total. The van der Waals surface area contributed by atoms with Gasteiger partial charge in [-0.2, -0.15) is 0 Å². The molecule has 0 aliphatic heterocycles. The van der Waals surface area contributed by atoms with Gasteiger partial charge in [0, 0.05) is 16.1 Å². The zero-order valence-corrected chi connectivity index (χ0v) is 19.4. The van der Waals surface area contributed by atoms with Crippen molar-refractivity contribution >= 4 is 22.1 Å². The fourth-order valence-electron chi connectivity index (χ4n) is 2.48. The molecule has 0 fully saturated rings. The Bertz CT molecular complexity index is 584. The van der Waals surface area contributed by atoms with Crippen molar-refractivity contribution in [2.24, 2.45) is 0 Å². The Kier molecular flexibility index (Phi) is 7.94. The molecular formula is C20H36O3Si2. The minimum Gasteiger partial charge on any atom is -0.494 e. The predicted octanol–water partition coefficient (Wildman–Crippen LogP) is 5.77. The average molecular weight is 381 g/mol. The summed E-state index contributed by atoms with van der Waals surface area (Å²) in [6.45, 7) is 19.2. The molecular weight excluding hydrogens is 344 g/mol. The zero-order valence-electron chi connectivity index (χ0n) is 17.4. The summed E-state index contributed by atoms with van der Waals surface area (Å²) >= 11 is 0. The van der Waals surface area contributed by atoms with Crippen LogP contribution in [0.4, 0.5) is 0 Å². The first-order valence-electron chi connectivity index (χ1n) is 9.36. The van der Waals surface area contributed by atoms with Gasteiger partial charge in [-0.3, -0.25) is 0 Å². The summed E-state index contributed by atoms with van der Waals surface area (Å²) in [7, 11) is -2.30. The van der Waals surface area contributed by atoms with Crippen LogP contribution in [-0.4, -0.2) is 35.3 Å². The quantitative estimate of drug-likeness (QED) is 0.403. The number of benzene rings is 1. The Labute approximate surface area is 156 Å². The van der Waals surface area contributed by atoms with Crippen molar-refractivity contribution in [3.05, 3.63) is 28.8 Å². The molecule has 142 valence electrons. The Balaban J connectivity index is 2.82. The third kappa shape index (κ3) is 8.23. The van der Waals surface area contributed by atoms with Crippen LogP contribution in [-0.2, 0) is 11.2 Å². The second-order valence-electron chi connectivity index (χ2n) is 9.23. The molecule has 0 aromatic heterocycles. The number of hydrogen-bond acceptors (Lipinski definition) is 3. The van der Waals surface area contributed by atoms with Crippen LogP contribution in [0.3, 0.4) is 0 Å². The van der Waals surface area contributed by atoms with Crippen molar-refractivity contribution < 1.29 is 14.3 Å². The van der Waals surface area contributed by atoms with Gasteiger partial charge in [0.05, 0.1) is 18.8 Å². The van der Waals surface area contributed by atoms with Gasteiger partial charge in [-0.15, -0.1) is 0 Å². The molecule has 1 aromatic carbocycles. The summed E-state index contributed by atoms with van der Waals surface area (Å²) in [5, 5.41) is 0. The third-order valence-electron chi connectivity index (χ3n) is 4.18. The van der Waals surface area contributed by atoms with Crippen LogP contribution in [0, 0.1) is 6.92 Å². The number of hydrogen-bond donors (Lipinski definition) is 0. The van der Waals surface area contributed by atoms with Crippen molar-refractivity contribution in [1.29, 1.82) is 0 Å². The highest BCUT2D eigenvalue weighted by Crippen LogP contribution is 2.25. The second kappa shape index (κ2) is 9.03. The second-order valence-corrected chi connectivity index (χ2v) is 20.5. The number of esters is 1. The van der Waals surface area contributed by atoms with Crippen molar-refractivity contribution in [1.82, 2.24) is 0 Å². The Morgan fingerprint density at radius 3 is 2.04 bits per heavy atom. The number of carbonyl (C=O) groups excluding carboxylic acids is 1. The molecule has 0 amide bonds. The summed E-state index contributed by atoms with van der Waals surface area (Å²) in [5.74, 6) is 0.674. The van der Waals surface area contributed by atoms with Crippen LogP contribution < -0.4 is 4.74 Å². The van der Waals surface area contributed by atoms with Crippen LogP contribution in [0.1, 0.15) is 28.4 Å². The van der Waals surface area contributed by atoms with E-state index in [1.54, 1.807) is 0 Å². The van der Waals surface area contributed by atoms with E-state index in [2.05, 4.69) is 46.2 Å². The molecule has 25 heavy (non-hydrogen) atoms. The van der Waals surface area contributed by atoms with E-state index < -0.39 is 16.1 Å². The minimum atomic E-state index is -1.19. The number of ether oxygens (including phenoxy) is 2. The molecule has 0 aliphatic carbocycles. The summed E-state index contributed by atoms with van der Waals surface area (Å²) in [4.78, 5) is 12.5. The largest absolute Gasteiger partial charge is 0.494 e. The van der Waals surface area contributed by atoms with Crippen LogP contribution in [0.2, 0.25) is 51.4 Å². The fraction of sp³-hybridized carbons (Fsp3) is 0.650. The van der Waals surface area contributed by atoms with Gasteiger partial charge in [-0.05, 0) is 48.7 Å². The molecule has 0 spiro atoms. The first-order chi connectivity index (χ1) is 11.4. The smallest absolute Gasteiger partial charge is 0.338 e. The molecule has 0 saturated heterocycles. The number of carbonyl (C=O) groups is 1. The van der Waals surface area contributed by atoms with Crippen molar-refractivity contribution in [2.45, 2.75) is 71.6 Å². The predicted molar refractivity (Wildman–Crippen MR) is 113 cm³/mol. The summed E-state index contributed by atoms with van der Waals surface area (Å²) in [6, 6.07) is 6.11. The lowest BCUT2D eigenvalue weighted by atomic mass is 9.99. The van der Waals surface area contributed by atoms with Gasteiger partial charge in [0.15, 0.2) is 0 Å². The van der Waals surface area contributed by atoms with Crippen LogP contribution in [0.25, 0.3) is 0 Å². The molecule has 0 unspecified atom stereocenters. The van der Waals surface area contributed by atoms with Crippen LogP contribution in [0.15, 0.2) is 12.1 Å². The summed E-state index contributed by atoms with van der Waals surface area (Å²) < 4.78 is 11.5. The van der Waals surface area contributed by atoms with Crippen LogP contribution in [0.5, 0.6) is 5.75 Å². The van der Waals surface area contributed by atoms with Gasteiger partial charge in [-0.1, -0.05) is 46.2 Å². The van der Waals surface area contributed by atoms with Gasteiger partial charge >= 0.3 is 5.97 Å². The van der Waals surface area contributed by atoms with E-state index in [0.29, 0.717) is 6.61 Å². The average Bonchev–Trinajstić information content (AvgIpc) is 2.43. The maximum absolute atomic E-state index is 12.5. The molecule has 1 aromatic rings. The topological polar surface area (TPSA) is 35.5 Å². The monoisotopic (exact) mass is 380 g/mol. The van der Waals surface area contributed by atoms with Crippen molar-refractivity contribution in [3.8, 4) is 5.75 Å². The van der Waals surface area contributed by atoms with Gasteiger partial charge in [0.25, 0.3) is 0 Å². The Morgan fingerprint density at radius 2 is 1.52 bits per heavy atom. The molecule has 1 rings (SSSR count). The lowest BCUT2D eigenvalue weighted by Gasteiger charge is -2.18. The molecule has 3 nitrogen and oxygen atoms in total. The number of rotatable bonds is 9. The summed E-state index contributed by atoms with van der Waals surface area (Å²) in [5.41, 5.74) is 2.68. The molecule has 0 atom stereocenters. The van der Waals surface area contributed by atoms with Gasteiger partial charge in [-0.25, -0.2) is 4.79 Å². The Morgan fingerprint density at radius 1 is 0.960 bits per heavy atom. The molecule has 0 bridgehead atoms. The summed E-state index contributed by atoms with van der Waals surface area (Å²) in [6.07, 6.45) is 0.796. The SMILES string of the molecule is CCc1cc(OCC[Si](C)(C)C)cc(C)c1C(=O)OCC[Si](C)(C)C. The van der Waals surface area contributed by atoms with Gasteiger partial charge in [0.1, 0.15) is 5.75 Å². The lowest BCUT2D eigenvalue weighted by Crippen LogP contribution is -2.23. The maximum Gasteiger partial charge on any atom is 0.338 e. The van der Waals surface area contributed by atoms with Crippen LogP contribution >= 0.6 is 0 Å². The van der Waals surface area contributed by atoms with E-state index in [-0.39, 0.29) is 5.97 Å². The van der Waals surface area contributed by atoms with E-state index in [4.69, 9.17) is 9.47 Å². The van der Waals surface area contributed by atoms with E-state index in [1.165, 1.54) is 0 Å². The highest BCUT2D eigenvalue weighted by molar-refractivity contribution is 6.76. The van der Waals surface area contributed by atoms with E-state index in [1.807, 2.05) is 19.1 Å². The first-order valence-corrected chi connectivity index (χ1v) is 16.8. The molecule has 0 radical (unpaired) electrons. The molecule has 5 heteroatoms. The molecule has 0 saturated carbocycles. The minimum absolute atomic E-state index is 0.193. The molecule has 0 aliphatic rings.